The molecule has 2 aromatic rings. The van der Waals surface area contributed by atoms with Gasteiger partial charge in [-0.25, -0.2) is 14.2 Å². The van der Waals surface area contributed by atoms with Gasteiger partial charge >= 0.3 is 12.1 Å². The smallest absolute Gasteiger partial charge is 0.419 e. The molecule has 1 N–H and O–H groups in total. The lowest BCUT2D eigenvalue weighted by Crippen LogP contribution is -2.55. The molecule has 0 radical (unpaired) electrons. The van der Waals surface area contributed by atoms with Gasteiger partial charge in [0, 0.05) is 5.56 Å². The maximum Gasteiger partial charge on any atom is 0.419 e. The quantitative estimate of drug-likeness (QED) is 0.498. The first kappa shape index (κ1) is 23.6. The monoisotopic (exact) mass is 492 g/mol. The molecule has 7 nitrogen and oxygen atoms in total. The molecule has 34 heavy (non-hydrogen) atoms. The predicted molar refractivity (Wildman–Crippen MR) is 116 cm³/mol. The topological polar surface area (TPSA) is 97.5 Å². The van der Waals surface area contributed by atoms with Crippen LogP contribution in [0.2, 0.25) is 0 Å². The second-order valence-corrected chi connectivity index (χ2v) is 8.29. The van der Waals surface area contributed by atoms with Crippen LogP contribution in [-0.2, 0) is 17.4 Å². The fourth-order valence-electron chi connectivity index (χ4n) is 4.39. The van der Waals surface area contributed by atoms with Gasteiger partial charge in [0.1, 0.15) is 17.4 Å². The molecule has 2 fully saturated rings. The van der Waals surface area contributed by atoms with E-state index in [1.54, 1.807) is 6.92 Å². The number of nitrogens with zero attached hydrogens (tertiary/aromatic N) is 4. The zero-order chi connectivity index (χ0) is 25.0. The maximum absolute atomic E-state index is 15.0. The number of alkyl halides is 3. The highest BCUT2D eigenvalue weighted by molar-refractivity contribution is 7.81. The highest BCUT2D eigenvalue weighted by atomic mass is 32.1. The number of nitriles is 1. The van der Waals surface area contributed by atoms with Crippen LogP contribution in [0.25, 0.3) is 0 Å². The maximum atomic E-state index is 15.0. The first-order chi connectivity index (χ1) is 16.0. The molecule has 1 amide bonds. The van der Waals surface area contributed by atoms with Gasteiger partial charge in [-0.2, -0.15) is 18.4 Å². The molecule has 4 rings (SSSR count). The van der Waals surface area contributed by atoms with E-state index in [2.05, 4.69) is 4.98 Å². The van der Waals surface area contributed by atoms with Gasteiger partial charge in [0.2, 0.25) is 0 Å². The van der Waals surface area contributed by atoms with Crippen LogP contribution in [0.15, 0.2) is 24.4 Å². The molecule has 0 atom stereocenters. The number of carbonyl (C=O) groups excluding carboxylic acids is 1. The Hall–Kier alpha value is -3.59. The highest BCUT2D eigenvalue weighted by Gasteiger charge is 2.60. The number of pyridine rings is 1. The van der Waals surface area contributed by atoms with E-state index >= 15 is 4.39 Å². The fourth-order valence-corrected chi connectivity index (χ4v) is 4.85. The third-order valence-corrected chi connectivity index (χ3v) is 6.54. The van der Waals surface area contributed by atoms with Gasteiger partial charge < -0.3 is 10.0 Å². The summed E-state index contributed by atoms with van der Waals surface area (Å²) >= 11 is 5.50. The van der Waals surface area contributed by atoms with Crippen LogP contribution in [0.4, 0.5) is 28.9 Å². The second kappa shape index (κ2) is 8.02. The van der Waals surface area contributed by atoms with E-state index in [-0.39, 0.29) is 28.5 Å². The molecule has 0 unspecified atom stereocenters. The molecule has 0 bridgehead atoms. The van der Waals surface area contributed by atoms with Gasteiger partial charge in [-0.3, -0.25) is 9.69 Å². The van der Waals surface area contributed by atoms with Crippen molar-refractivity contribution in [3.8, 4) is 6.07 Å². The Morgan fingerprint density at radius 3 is 2.53 bits per heavy atom. The normalized spacial score (nSPS) is 17.2. The third kappa shape index (κ3) is 3.30. The number of amides is 1. The molecule has 1 aromatic heterocycles. The molecule has 2 heterocycles. The summed E-state index contributed by atoms with van der Waals surface area (Å²) in [4.78, 5) is 30.8. The number of thiocarbonyl (C=S) groups is 1. The number of anilines is 2. The van der Waals surface area contributed by atoms with Gasteiger partial charge in [0.25, 0.3) is 5.91 Å². The van der Waals surface area contributed by atoms with E-state index in [4.69, 9.17) is 17.5 Å². The summed E-state index contributed by atoms with van der Waals surface area (Å²) in [5.74, 6) is -3.01. The van der Waals surface area contributed by atoms with Crippen molar-refractivity contribution >= 4 is 40.6 Å². The number of aromatic nitrogens is 1. The lowest BCUT2D eigenvalue weighted by molar-refractivity contribution is -0.138. The number of carboxylic acid groups (broad SMARTS) is 1. The Morgan fingerprint density at radius 2 is 2.03 bits per heavy atom. The zero-order valence-corrected chi connectivity index (χ0v) is 18.4. The number of rotatable bonds is 4. The molecule has 2 aliphatic rings. The molecular weight excluding hydrogens is 476 g/mol. The molecule has 1 saturated carbocycles. The van der Waals surface area contributed by atoms with Crippen molar-refractivity contribution in [1.82, 2.24) is 4.98 Å². The number of carboxylic acids is 1. The summed E-state index contributed by atoms with van der Waals surface area (Å²) in [6.07, 6.45) is -2.56. The SMILES string of the molecule is CCc1c(N2C(=S)N(c3cnc(C#N)c(C(F)(F)F)c3)C(=O)C23CCC3)ccc(C(=O)O)c1F. The Balaban J connectivity index is 1.88. The number of hydrogen-bond acceptors (Lipinski definition) is 5. The average Bonchev–Trinajstić information content (AvgIpc) is 2.98. The molecule has 12 heteroatoms. The van der Waals surface area contributed by atoms with E-state index in [1.807, 2.05) is 0 Å². The first-order valence-electron chi connectivity index (χ1n) is 10.2. The molecule has 1 aliphatic carbocycles. The minimum Gasteiger partial charge on any atom is -0.478 e. The predicted octanol–water partition coefficient (Wildman–Crippen LogP) is 4.43. The van der Waals surface area contributed by atoms with Crippen molar-refractivity contribution in [2.45, 2.75) is 44.3 Å². The highest BCUT2D eigenvalue weighted by Crippen LogP contribution is 2.49. The van der Waals surface area contributed by atoms with Crippen LogP contribution in [-0.4, -0.2) is 32.6 Å². The molecule has 1 spiro atoms. The number of carbonyl (C=O) groups is 2. The Bertz CT molecular complexity index is 1280. The van der Waals surface area contributed by atoms with E-state index < -0.39 is 46.2 Å². The van der Waals surface area contributed by atoms with Crippen molar-refractivity contribution in [3.05, 3.63) is 52.6 Å². The van der Waals surface area contributed by atoms with Gasteiger partial charge in [-0.15, -0.1) is 0 Å². The molecule has 176 valence electrons. The van der Waals surface area contributed by atoms with Crippen molar-refractivity contribution in [2.75, 3.05) is 9.80 Å². The van der Waals surface area contributed by atoms with Crippen LogP contribution >= 0.6 is 12.2 Å². The van der Waals surface area contributed by atoms with Crippen molar-refractivity contribution in [1.29, 1.82) is 5.26 Å². The van der Waals surface area contributed by atoms with E-state index in [1.165, 1.54) is 17.0 Å². The summed E-state index contributed by atoms with van der Waals surface area (Å²) < 4.78 is 55.5. The molecule has 1 saturated heterocycles. The second-order valence-electron chi connectivity index (χ2n) is 7.93. The lowest BCUT2D eigenvalue weighted by atomic mass is 9.75. The molecule has 1 aromatic carbocycles. The third-order valence-electron chi connectivity index (χ3n) is 6.18. The van der Waals surface area contributed by atoms with E-state index in [0.29, 0.717) is 25.3 Å². The summed E-state index contributed by atoms with van der Waals surface area (Å²) in [6.45, 7) is 1.61. The van der Waals surface area contributed by atoms with Gasteiger partial charge in [-0.05, 0) is 56.1 Å². The molecule has 1 aliphatic heterocycles. The Morgan fingerprint density at radius 1 is 1.35 bits per heavy atom. The van der Waals surface area contributed by atoms with Crippen molar-refractivity contribution in [3.63, 3.8) is 0 Å². The van der Waals surface area contributed by atoms with Crippen LogP contribution < -0.4 is 9.80 Å². The van der Waals surface area contributed by atoms with Gasteiger partial charge in [0.05, 0.1) is 28.7 Å². The van der Waals surface area contributed by atoms with Crippen molar-refractivity contribution in [2.24, 2.45) is 0 Å². The number of hydrogen-bond donors (Lipinski definition) is 1. The number of halogens is 4. The van der Waals surface area contributed by atoms with Crippen LogP contribution in [0.1, 0.15) is 53.4 Å². The van der Waals surface area contributed by atoms with Crippen LogP contribution in [0.3, 0.4) is 0 Å². The minimum absolute atomic E-state index is 0.0251. The Kier molecular flexibility index (Phi) is 5.56. The Labute approximate surface area is 196 Å². The minimum atomic E-state index is -4.89. The van der Waals surface area contributed by atoms with Crippen LogP contribution in [0.5, 0.6) is 0 Å². The van der Waals surface area contributed by atoms with Gasteiger partial charge in [-0.1, -0.05) is 6.92 Å². The lowest BCUT2D eigenvalue weighted by Gasteiger charge is -2.43. The summed E-state index contributed by atoms with van der Waals surface area (Å²) in [7, 11) is 0. The zero-order valence-electron chi connectivity index (χ0n) is 17.6. The molecular formula is C22H16F4N4O3S. The van der Waals surface area contributed by atoms with E-state index in [0.717, 1.165) is 17.2 Å². The summed E-state index contributed by atoms with van der Waals surface area (Å²) in [5.41, 5.74) is -3.98. The summed E-state index contributed by atoms with van der Waals surface area (Å²) in [5, 5.41) is 18.1. The first-order valence-corrected chi connectivity index (χ1v) is 10.6. The van der Waals surface area contributed by atoms with Crippen LogP contribution in [0, 0.1) is 17.1 Å². The van der Waals surface area contributed by atoms with Crippen molar-refractivity contribution < 1.29 is 32.3 Å². The van der Waals surface area contributed by atoms with E-state index in [9.17, 15) is 27.9 Å². The number of aromatic carboxylic acids is 1. The standard InChI is InChI=1S/C22H16F4N4O3S/c1-2-12-16(5-4-13(17(12)23)18(31)32)30-20(34)29(19(33)21(30)6-3-7-21)11-8-14(22(24,25)26)15(9-27)28-10-11/h4-5,8,10H,2-3,6-7H2,1H3,(H,31,32). The average molecular weight is 492 g/mol. The van der Waals surface area contributed by atoms with Gasteiger partial charge in [0.15, 0.2) is 10.8 Å². The fraction of sp³-hybridized carbons (Fsp3) is 0.318. The number of benzene rings is 1. The largest absolute Gasteiger partial charge is 0.478 e. The summed E-state index contributed by atoms with van der Waals surface area (Å²) in [6, 6.07) is 4.45.